The van der Waals surface area contributed by atoms with Crippen molar-refractivity contribution in [3.05, 3.63) is 0 Å². The number of nitrogens with two attached hydrogens (primary N) is 1. The molecule has 0 radical (unpaired) electrons. The second kappa shape index (κ2) is 6.90. The summed E-state index contributed by atoms with van der Waals surface area (Å²) < 4.78 is 0. The molecule has 0 saturated carbocycles. The molecule has 0 bridgehead atoms. The summed E-state index contributed by atoms with van der Waals surface area (Å²) in [4.78, 5) is 17.2. The maximum Gasteiger partial charge on any atom is 0.229 e. The highest BCUT2D eigenvalue weighted by Crippen LogP contribution is 2.27. The van der Waals surface area contributed by atoms with Crippen molar-refractivity contribution in [2.24, 2.45) is 17.1 Å². The van der Waals surface area contributed by atoms with Gasteiger partial charge in [-0.3, -0.25) is 4.79 Å². The second-order valence-corrected chi connectivity index (χ2v) is 6.86. The van der Waals surface area contributed by atoms with E-state index in [-0.39, 0.29) is 11.3 Å². The largest absolute Gasteiger partial charge is 0.342 e. The van der Waals surface area contributed by atoms with Crippen LogP contribution in [-0.4, -0.2) is 55.0 Å². The highest BCUT2D eigenvalue weighted by molar-refractivity contribution is 5.82. The number of rotatable bonds is 5. The minimum absolute atomic E-state index is 0.266. The maximum atomic E-state index is 12.6. The number of nitrogens with zero attached hydrogens (tertiary/aromatic N) is 2. The number of likely N-dealkylation sites (tertiary alicyclic amines) is 2. The number of carbonyl (C=O) groups excluding carboxylic acids is 1. The second-order valence-electron chi connectivity index (χ2n) is 6.86. The van der Waals surface area contributed by atoms with Gasteiger partial charge in [0.1, 0.15) is 0 Å². The molecular weight excluding hydrogens is 250 g/mol. The van der Waals surface area contributed by atoms with Gasteiger partial charge in [0, 0.05) is 26.2 Å². The van der Waals surface area contributed by atoms with Gasteiger partial charge in [0.15, 0.2) is 0 Å². The van der Waals surface area contributed by atoms with E-state index < -0.39 is 0 Å². The Morgan fingerprint density at radius 2 is 1.80 bits per heavy atom. The quantitative estimate of drug-likeness (QED) is 0.834. The number of amides is 1. The molecule has 1 atom stereocenters. The molecule has 2 fully saturated rings. The molecule has 2 heterocycles. The van der Waals surface area contributed by atoms with Crippen LogP contribution < -0.4 is 5.73 Å². The van der Waals surface area contributed by atoms with E-state index in [1.807, 2.05) is 6.92 Å². The molecule has 0 spiro atoms. The minimum atomic E-state index is -0.359. The smallest absolute Gasteiger partial charge is 0.229 e. The van der Waals surface area contributed by atoms with E-state index in [1.54, 1.807) is 0 Å². The van der Waals surface area contributed by atoms with E-state index >= 15 is 0 Å². The van der Waals surface area contributed by atoms with Crippen molar-refractivity contribution < 1.29 is 4.79 Å². The van der Waals surface area contributed by atoms with Crippen molar-refractivity contribution in [1.82, 2.24) is 9.80 Å². The molecule has 0 aliphatic carbocycles. The van der Waals surface area contributed by atoms with Crippen LogP contribution in [0.1, 0.15) is 46.0 Å². The molecule has 116 valence electrons. The van der Waals surface area contributed by atoms with E-state index in [9.17, 15) is 4.79 Å². The number of carbonyl (C=O) groups is 1. The Balaban J connectivity index is 1.79. The molecule has 2 aliphatic heterocycles. The molecule has 0 aromatic rings. The summed E-state index contributed by atoms with van der Waals surface area (Å²) in [5.41, 5.74) is 5.45. The summed E-state index contributed by atoms with van der Waals surface area (Å²) in [6.45, 7) is 10.2. The monoisotopic (exact) mass is 281 g/mol. The van der Waals surface area contributed by atoms with Crippen molar-refractivity contribution in [2.75, 3.05) is 39.3 Å². The van der Waals surface area contributed by atoms with Crippen LogP contribution in [0.5, 0.6) is 0 Å². The molecular formula is C16H31N3O. The number of piperidine rings is 1. The lowest BCUT2D eigenvalue weighted by Gasteiger charge is -2.38. The molecule has 4 nitrogen and oxygen atoms in total. The molecule has 20 heavy (non-hydrogen) atoms. The van der Waals surface area contributed by atoms with E-state index in [0.717, 1.165) is 38.3 Å². The third kappa shape index (κ3) is 3.53. The van der Waals surface area contributed by atoms with Gasteiger partial charge >= 0.3 is 0 Å². The standard InChI is InChI=1S/C16H31N3O/c1-3-16(2,13-17)15(20)19-10-6-14(7-11-19)12-18-8-4-5-9-18/h14H,3-13,17H2,1-2H3. The summed E-state index contributed by atoms with van der Waals surface area (Å²) in [6, 6.07) is 0. The summed E-state index contributed by atoms with van der Waals surface area (Å²) in [6.07, 6.45) is 5.88. The topological polar surface area (TPSA) is 49.6 Å². The van der Waals surface area contributed by atoms with Crippen molar-refractivity contribution >= 4 is 5.91 Å². The van der Waals surface area contributed by atoms with Gasteiger partial charge in [0.2, 0.25) is 5.91 Å². The van der Waals surface area contributed by atoms with Crippen LogP contribution in [0.4, 0.5) is 0 Å². The molecule has 1 unspecified atom stereocenters. The average molecular weight is 281 g/mol. The first-order valence-corrected chi connectivity index (χ1v) is 8.31. The van der Waals surface area contributed by atoms with Gasteiger partial charge < -0.3 is 15.5 Å². The zero-order chi connectivity index (χ0) is 14.6. The summed E-state index contributed by atoms with van der Waals surface area (Å²) in [7, 11) is 0. The molecule has 2 N–H and O–H groups in total. The normalized spacial score (nSPS) is 24.9. The molecule has 0 aromatic carbocycles. The Kier molecular flexibility index (Phi) is 5.44. The van der Waals surface area contributed by atoms with Gasteiger partial charge in [0.25, 0.3) is 0 Å². The number of hydrogen-bond acceptors (Lipinski definition) is 3. The van der Waals surface area contributed by atoms with Crippen molar-refractivity contribution in [1.29, 1.82) is 0 Å². The van der Waals surface area contributed by atoms with Crippen molar-refractivity contribution in [3.63, 3.8) is 0 Å². The Hall–Kier alpha value is -0.610. The van der Waals surface area contributed by atoms with Gasteiger partial charge in [0.05, 0.1) is 5.41 Å². The predicted molar refractivity (Wildman–Crippen MR) is 82.4 cm³/mol. The Morgan fingerprint density at radius 3 is 2.30 bits per heavy atom. The van der Waals surface area contributed by atoms with E-state index in [2.05, 4.69) is 16.7 Å². The SMILES string of the molecule is CCC(C)(CN)C(=O)N1CCC(CN2CCCC2)CC1. The highest BCUT2D eigenvalue weighted by Gasteiger charge is 2.35. The van der Waals surface area contributed by atoms with Crippen LogP contribution in [0.3, 0.4) is 0 Å². The zero-order valence-corrected chi connectivity index (χ0v) is 13.2. The molecule has 0 aromatic heterocycles. The van der Waals surface area contributed by atoms with Crippen LogP contribution in [0, 0.1) is 11.3 Å². The van der Waals surface area contributed by atoms with Crippen LogP contribution in [-0.2, 0) is 4.79 Å². The first-order valence-electron chi connectivity index (χ1n) is 8.31. The summed E-state index contributed by atoms with van der Waals surface area (Å²) >= 11 is 0. The zero-order valence-electron chi connectivity index (χ0n) is 13.2. The van der Waals surface area contributed by atoms with Gasteiger partial charge in [-0.1, -0.05) is 6.92 Å². The molecule has 2 rings (SSSR count). The fourth-order valence-electron chi connectivity index (χ4n) is 3.41. The maximum absolute atomic E-state index is 12.6. The lowest BCUT2D eigenvalue weighted by Crippen LogP contribution is -2.49. The highest BCUT2D eigenvalue weighted by atomic mass is 16.2. The average Bonchev–Trinajstić information content (AvgIpc) is 2.99. The lowest BCUT2D eigenvalue weighted by atomic mass is 9.84. The van der Waals surface area contributed by atoms with Gasteiger partial charge in [-0.15, -0.1) is 0 Å². The van der Waals surface area contributed by atoms with Crippen LogP contribution in [0.25, 0.3) is 0 Å². The molecule has 1 amide bonds. The third-order valence-electron chi connectivity index (χ3n) is 5.36. The van der Waals surface area contributed by atoms with E-state index in [0.29, 0.717) is 6.54 Å². The van der Waals surface area contributed by atoms with Crippen LogP contribution >= 0.6 is 0 Å². The van der Waals surface area contributed by atoms with Gasteiger partial charge in [-0.2, -0.15) is 0 Å². The predicted octanol–water partition coefficient (Wildman–Crippen LogP) is 1.70. The Morgan fingerprint density at radius 1 is 1.20 bits per heavy atom. The molecule has 2 saturated heterocycles. The fraction of sp³-hybridized carbons (Fsp3) is 0.938. The van der Waals surface area contributed by atoms with Gasteiger partial charge in [-0.05, 0) is 58.0 Å². The third-order valence-corrected chi connectivity index (χ3v) is 5.36. The van der Waals surface area contributed by atoms with E-state index in [4.69, 9.17) is 5.73 Å². The van der Waals surface area contributed by atoms with E-state index in [1.165, 1.54) is 32.5 Å². The molecule has 4 heteroatoms. The van der Waals surface area contributed by atoms with Gasteiger partial charge in [-0.25, -0.2) is 0 Å². The van der Waals surface area contributed by atoms with Crippen molar-refractivity contribution in [3.8, 4) is 0 Å². The fourth-order valence-corrected chi connectivity index (χ4v) is 3.41. The first kappa shape index (κ1) is 15.8. The summed E-state index contributed by atoms with van der Waals surface area (Å²) in [5.74, 6) is 1.05. The Bertz CT molecular complexity index is 314. The minimum Gasteiger partial charge on any atom is -0.342 e. The lowest BCUT2D eigenvalue weighted by molar-refractivity contribution is -0.142. The van der Waals surface area contributed by atoms with Crippen LogP contribution in [0.15, 0.2) is 0 Å². The van der Waals surface area contributed by atoms with Crippen molar-refractivity contribution in [2.45, 2.75) is 46.0 Å². The molecule has 2 aliphatic rings. The Labute approximate surface area is 123 Å². The summed E-state index contributed by atoms with van der Waals surface area (Å²) in [5, 5.41) is 0. The number of hydrogen-bond donors (Lipinski definition) is 1. The van der Waals surface area contributed by atoms with Crippen LogP contribution in [0.2, 0.25) is 0 Å². The first-order chi connectivity index (χ1) is 9.59.